The van der Waals surface area contributed by atoms with Gasteiger partial charge < -0.3 is 9.84 Å². The number of carbonyl (C=O) groups is 1. The number of rotatable bonds is 11. The van der Waals surface area contributed by atoms with Gasteiger partial charge in [0, 0.05) is 5.56 Å². The highest BCUT2D eigenvalue weighted by atomic mass is 16.7. The average molecular weight is 369 g/mol. The van der Waals surface area contributed by atoms with Gasteiger partial charge in [0.2, 0.25) is 0 Å². The molecule has 0 aliphatic rings. The van der Waals surface area contributed by atoms with E-state index >= 15 is 0 Å². The lowest BCUT2D eigenvalue weighted by Gasteiger charge is -2.17. The number of hydrogen-bond donors (Lipinski definition) is 1. The van der Waals surface area contributed by atoms with Gasteiger partial charge in [-0.15, -0.1) is 0 Å². The molecule has 0 heterocycles. The summed E-state index contributed by atoms with van der Waals surface area (Å²) in [5.74, 6) is 0.472. The van der Waals surface area contributed by atoms with Gasteiger partial charge in [0.15, 0.2) is 0 Å². The van der Waals surface area contributed by atoms with Crippen LogP contribution >= 0.6 is 0 Å². The molecule has 3 nitrogen and oxygen atoms in total. The monoisotopic (exact) mass is 368 g/mol. The Labute approximate surface area is 163 Å². The van der Waals surface area contributed by atoms with Crippen molar-refractivity contribution >= 4 is 6.16 Å². The summed E-state index contributed by atoms with van der Waals surface area (Å²) < 4.78 is 5.12. The Kier molecular flexibility index (Phi) is 8.90. The van der Waals surface area contributed by atoms with Gasteiger partial charge in [0.25, 0.3) is 0 Å². The molecule has 0 radical (unpaired) electrons. The van der Waals surface area contributed by atoms with Crippen molar-refractivity contribution in [3.05, 3.63) is 53.6 Å². The third kappa shape index (κ3) is 6.42. The number of carboxylic acid groups (broad SMARTS) is 1. The van der Waals surface area contributed by atoms with E-state index in [0.717, 1.165) is 36.8 Å². The molecule has 0 bridgehead atoms. The van der Waals surface area contributed by atoms with Crippen LogP contribution in [0.5, 0.6) is 5.75 Å². The predicted octanol–water partition coefficient (Wildman–Crippen LogP) is 7.27. The highest BCUT2D eigenvalue weighted by Crippen LogP contribution is 2.35. The summed E-state index contributed by atoms with van der Waals surface area (Å²) in [7, 11) is 0. The molecule has 0 spiro atoms. The van der Waals surface area contributed by atoms with Crippen LogP contribution in [-0.2, 0) is 12.8 Å². The molecule has 0 aliphatic heterocycles. The number of benzene rings is 2. The minimum Gasteiger partial charge on any atom is -0.449 e. The van der Waals surface area contributed by atoms with Crippen molar-refractivity contribution in [3.63, 3.8) is 0 Å². The summed E-state index contributed by atoms with van der Waals surface area (Å²) in [6.45, 7) is 4.41. The molecule has 146 valence electrons. The second-order valence-corrected chi connectivity index (χ2v) is 7.08. The van der Waals surface area contributed by atoms with Crippen molar-refractivity contribution in [2.24, 2.45) is 0 Å². The van der Waals surface area contributed by atoms with Crippen LogP contribution in [-0.4, -0.2) is 11.3 Å². The number of unbranched alkanes of at least 4 members (excludes halogenated alkanes) is 5. The fraction of sp³-hybridized carbons (Fsp3) is 0.458. The summed E-state index contributed by atoms with van der Waals surface area (Å²) in [6.07, 6.45) is 8.79. The molecule has 2 rings (SSSR count). The van der Waals surface area contributed by atoms with Crippen molar-refractivity contribution in [2.45, 2.75) is 71.6 Å². The average Bonchev–Trinajstić information content (AvgIpc) is 2.66. The first kappa shape index (κ1) is 21.0. The van der Waals surface area contributed by atoms with Gasteiger partial charge in [-0.1, -0.05) is 82.3 Å². The minimum atomic E-state index is -1.25. The molecule has 0 fully saturated rings. The zero-order valence-electron chi connectivity index (χ0n) is 16.7. The molecule has 3 heteroatoms. The summed E-state index contributed by atoms with van der Waals surface area (Å²) >= 11 is 0. The Morgan fingerprint density at radius 1 is 0.815 bits per heavy atom. The fourth-order valence-electron chi connectivity index (χ4n) is 3.56. The minimum absolute atomic E-state index is 0.472. The van der Waals surface area contributed by atoms with Crippen molar-refractivity contribution in [1.29, 1.82) is 0 Å². The van der Waals surface area contributed by atoms with Gasteiger partial charge in [0.1, 0.15) is 5.75 Å². The van der Waals surface area contributed by atoms with E-state index in [1.54, 1.807) is 6.07 Å². The smallest absolute Gasteiger partial charge is 0.449 e. The Morgan fingerprint density at radius 2 is 1.48 bits per heavy atom. The van der Waals surface area contributed by atoms with E-state index in [2.05, 4.69) is 44.2 Å². The molecule has 0 unspecified atom stereocenters. The molecule has 0 aromatic heterocycles. The Balaban J connectivity index is 2.38. The van der Waals surface area contributed by atoms with E-state index in [4.69, 9.17) is 9.84 Å². The van der Waals surface area contributed by atoms with Gasteiger partial charge in [-0.3, -0.25) is 0 Å². The molecule has 2 aromatic rings. The van der Waals surface area contributed by atoms with Crippen molar-refractivity contribution in [3.8, 4) is 16.9 Å². The lowest BCUT2D eigenvalue weighted by molar-refractivity contribution is 0.144. The SMILES string of the molecule is CCCCCCc1c(OC(=O)O)cccc1-c1ccccc1CCCCC. The summed E-state index contributed by atoms with van der Waals surface area (Å²) in [4.78, 5) is 11.2. The van der Waals surface area contributed by atoms with E-state index in [9.17, 15) is 4.79 Å². The predicted molar refractivity (Wildman–Crippen MR) is 112 cm³/mol. The number of ether oxygens (including phenoxy) is 1. The van der Waals surface area contributed by atoms with Crippen LogP contribution in [0, 0.1) is 0 Å². The first-order chi connectivity index (χ1) is 13.2. The van der Waals surface area contributed by atoms with E-state index in [0.29, 0.717) is 5.75 Å². The molecule has 0 aliphatic carbocycles. The lowest BCUT2D eigenvalue weighted by atomic mass is 9.90. The highest BCUT2D eigenvalue weighted by Gasteiger charge is 2.15. The van der Waals surface area contributed by atoms with Gasteiger partial charge in [-0.2, -0.15) is 0 Å². The van der Waals surface area contributed by atoms with Crippen molar-refractivity contribution < 1.29 is 14.6 Å². The topological polar surface area (TPSA) is 46.5 Å². The second-order valence-electron chi connectivity index (χ2n) is 7.08. The molecule has 0 atom stereocenters. The summed E-state index contributed by atoms with van der Waals surface area (Å²) in [6, 6.07) is 14.3. The van der Waals surface area contributed by atoms with Crippen LogP contribution in [0.3, 0.4) is 0 Å². The van der Waals surface area contributed by atoms with E-state index in [-0.39, 0.29) is 0 Å². The Hall–Kier alpha value is -2.29. The molecule has 0 amide bonds. The first-order valence-corrected chi connectivity index (χ1v) is 10.3. The number of hydrogen-bond acceptors (Lipinski definition) is 2. The van der Waals surface area contributed by atoms with Gasteiger partial charge >= 0.3 is 6.16 Å². The second kappa shape index (κ2) is 11.4. The van der Waals surface area contributed by atoms with Crippen LogP contribution in [0.25, 0.3) is 11.1 Å². The maximum absolute atomic E-state index is 11.2. The van der Waals surface area contributed by atoms with Crippen LogP contribution in [0.1, 0.15) is 69.9 Å². The zero-order valence-corrected chi connectivity index (χ0v) is 16.7. The van der Waals surface area contributed by atoms with E-state index < -0.39 is 6.16 Å². The van der Waals surface area contributed by atoms with Crippen molar-refractivity contribution in [1.82, 2.24) is 0 Å². The Bertz CT molecular complexity index is 721. The van der Waals surface area contributed by atoms with E-state index in [1.807, 2.05) is 6.07 Å². The van der Waals surface area contributed by atoms with Gasteiger partial charge in [-0.25, -0.2) is 4.79 Å². The van der Waals surface area contributed by atoms with E-state index in [1.165, 1.54) is 43.2 Å². The third-order valence-electron chi connectivity index (χ3n) is 4.97. The largest absolute Gasteiger partial charge is 0.511 e. The molecule has 0 saturated heterocycles. The number of aryl methyl sites for hydroxylation is 1. The lowest BCUT2D eigenvalue weighted by Crippen LogP contribution is -2.06. The Morgan fingerprint density at radius 3 is 2.22 bits per heavy atom. The van der Waals surface area contributed by atoms with Crippen LogP contribution in [0.4, 0.5) is 4.79 Å². The van der Waals surface area contributed by atoms with Crippen LogP contribution < -0.4 is 4.74 Å². The van der Waals surface area contributed by atoms with Crippen LogP contribution in [0.2, 0.25) is 0 Å². The summed E-state index contributed by atoms with van der Waals surface area (Å²) in [5.41, 5.74) is 4.65. The molecular weight excluding hydrogens is 336 g/mol. The maximum Gasteiger partial charge on any atom is 0.511 e. The fourth-order valence-corrected chi connectivity index (χ4v) is 3.56. The first-order valence-electron chi connectivity index (χ1n) is 10.3. The normalized spacial score (nSPS) is 10.7. The van der Waals surface area contributed by atoms with Crippen LogP contribution in [0.15, 0.2) is 42.5 Å². The third-order valence-corrected chi connectivity index (χ3v) is 4.97. The molecule has 2 aromatic carbocycles. The quantitative estimate of drug-likeness (QED) is 0.258. The zero-order chi connectivity index (χ0) is 19.5. The maximum atomic E-state index is 11.2. The highest BCUT2D eigenvalue weighted by molar-refractivity contribution is 5.74. The molecule has 0 saturated carbocycles. The standard InChI is InChI=1S/C24H32O3/c1-3-5-7-9-16-22-21(17-12-18-23(22)27-24(25)26)20-15-11-10-14-19(20)13-8-6-4-2/h10-12,14-15,17-18H,3-9,13,16H2,1-2H3,(H,25,26). The molecule has 27 heavy (non-hydrogen) atoms. The molecule has 1 N–H and O–H groups in total. The van der Waals surface area contributed by atoms with Crippen molar-refractivity contribution in [2.75, 3.05) is 0 Å². The van der Waals surface area contributed by atoms with Gasteiger partial charge in [0.05, 0.1) is 0 Å². The van der Waals surface area contributed by atoms with Gasteiger partial charge in [-0.05, 0) is 48.4 Å². The summed E-state index contributed by atoms with van der Waals surface area (Å²) in [5, 5.41) is 9.14. The molecular formula is C24H32O3.